The molecule has 0 radical (unpaired) electrons. The maximum atomic E-state index is 12.3. The molecular formula is C18H20Cl2N2O. The van der Waals surface area contributed by atoms with E-state index in [1.54, 1.807) is 6.07 Å². The molecule has 0 saturated carbocycles. The molecule has 1 atom stereocenters. The van der Waals surface area contributed by atoms with Gasteiger partial charge in [-0.1, -0.05) is 41.9 Å². The van der Waals surface area contributed by atoms with Gasteiger partial charge in [0.1, 0.15) is 0 Å². The summed E-state index contributed by atoms with van der Waals surface area (Å²) in [6.45, 7) is 3.44. The number of carbonyl (C=O) groups is 1. The molecule has 2 aromatic carbocycles. The number of benzene rings is 2. The van der Waals surface area contributed by atoms with E-state index in [0.29, 0.717) is 17.1 Å². The van der Waals surface area contributed by atoms with E-state index in [9.17, 15) is 4.79 Å². The number of nitrogens with one attached hydrogen (secondary N) is 2. The van der Waals surface area contributed by atoms with Crippen LogP contribution in [0, 0.1) is 6.92 Å². The summed E-state index contributed by atoms with van der Waals surface area (Å²) in [4.78, 5) is 12.3. The van der Waals surface area contributed by atoms with Crippen LogP contribution in [0.5, 0.6) is 0 Å². The SMILES string of the molecule is Cc1ccc(C(=O)NCC2NCCc3ccccc32)c(Cl)c1.Cl. The lowest BCUT2D eigenvalue weighted by Gasteiger charge is -2.27. The minimum atomic E-state index is -0.130. The van der Waals surface area contributed by atoms with Crippen molar-refractivity contribution in [1.29, 1.82) is 0 Å². The van der Waals surface area contributed by atoms with E-state index in [2.05, 4.69) is 28.8 Å². The van der Waals surface area contributed by atoms with Gasteiger partial charge in [-0.25, -0.2) is 0 Å². The number of hydrogen-bond acceptors (Lipinski definition) is 2. The second-order valence-electron chi connectivity index (χ2n) is 5.65. The van der Waals surface area contributed by atoms with Gasteiger partial charge < -0.3 is 10.6 Å². The highest BCUT2D eigenvalue weighted by atomic mass is 35.5. The van der Waals surface area contributed by atoms with Gasteiger partial charge in [-0.15, -0.1) is 12.4 Å². The van der Waals surface area contributed by atoms with Crippen molar-refractivity contribution < 1.29 is 4.79 Å². The molecule has 0 aliphatic carbocycles. The minimum absolute atomic E-state index is 0. The van der Waals surface area contributed by atoms with Crippen LogP contribution in [-0.2, 0) is 6.42 Å². The van der Waals surface area contributed by atoms with Gasteiger partial charge in [0.05, 0.1) is 10.6 Å². The summed E-state index contributed by atoms with van der Waals surface area (Å²) in [5.74, 6) is -0.130. The van der Waals surface area contributed by atoms with Crippen molar-refractivity contribution in [1.82, 2.24) is 10.6 Å². The molecule has 0 fully saturated rings. The lowest BCUT2D eigenvalue weighted by molar-refractivity contribution is 0.0949. The molecule has 1 aliphatic rings. The van der Waals surface area contributed by atoms with E-state index < -0.39 is 0 Å². The molecule has 1 unspecified atom stereocenters. The van der Waals surface area contributed by atoms with Crippen molar-refractivity contribution in [3.8, 4) is 0 Å². The standard InChI is InChI=1S/C18H19ClN2O.ClH/c1-12-6-7-15(16(19)10-12)18(22)21-11-17-14-5-3-2-4-13(14)8-9-20-17;/h2-7,10,17,20H,8-9,11H2,1H3,(H,21,22);1H. The minimum Gasteiger partial charge on any atom is -0.350 e. The second kappa shape index (κ2) is 7.82. The van der Waals surface area contributed by atoms with Gasteiger partial charge in [-0.2, -0.15) is 0 Å². The zero-order chi connectivity index (χ0) is 15.5. The highest BCUT2D eigenvalue weighted by Gasteiger charge is 2.20. The molecule has 23 heavy (non-hydrogen) atoms. The third-order valence-electron chi connectivity index (χ3n) is 4.05. The van der Waals surface area contributed by atoms with Gasteiger partial charge in [-0.05, 0) is 48.7 Å². The lowest BCUT2D eigenvalue weighted by atomic mass is 9.94. The molecule has 1 aliphatic heterocycles. The fraction of sp³-hybridized carbons (Fsp3) is 0.278. The van der Waals surface area contributed by atoms with Gasteiger partial charge >= 0.3 is 0 Å². The molecule has 0 spiro atoms. The zero-order valence-corrected chi connectivity index (χ0v) is 14.5. The first-order valence-electron chi connectivity index (χ1n) is 7.50. The largest absolute Gasteiger partial charge is 0.350 e. The summed E-state index contributed by atoms with van der Waals surface area (Å²) < 4.78 is 0. The van der Waals surface area contributed by atoms with Crippen molar-refractivity contribution in [2.75, 3.05) is 13.1 Å². The summed E-state index contributed by atoms with van der Waals surface area (Å²) in [6.07, 6.45) is 1.03. The van der Waals surface area contributed by atoms with Gasteiger partial charge in [0.25, 0.3) is 5.91 Å². The molecule has 1 heterocycles. The predicted molar refractivity (Wildman–Crippen MR) is 96.7 cm³/mol. The Morgan fingerprint density at radius 2 is 2.09 bits per heavy atom. The van der Waals surface area contributed by atoms with Crippen molar-refractivity contribution >= 4 is 29.9 Å². The molecule has 0 saturated heterocycles. The second-order valence-corrected chi connectivity index (χ2v) is 6.06. The van der Waals surface area contributed by atoms with Crippen LogP contribution in [0.3, 0.4) is 0 Å². The Labute approximate surface area is 147 Å². The Morgan fingerprint density at radius 3 is 2.87 bits per heavy atom. The molecular weight excluding hydrogens is 331 g/mol. The smallest absolute Gasteiger partial charge is 0.252 e. The summed E-state index contributed by atoms with van der Waals surface area (Å²) in [5.41, 5.74) is 4.19. The highest BCUT2D eigenvalue weighted by Crippen LogP contribution is 2.22. The van der Waals surface area contributed by atoms with Crippen LogP contribution in [0.25, 0.3) is 0 Å². The van der Waals surface area contributed by atoms with Crippen LogP contribution in [0.1, 0.15) is 33.1 Å². The number of amides is 1. The molecule has 122 valence electrons. The van der Waals surface area contributed by atoms with E-state index >= 15 is 0 Å². The first-order chi connectivity index (χ1) is 10.6. The fourth-order valence-electron chi connectivity index (χ4n) is 2.87. The topological polar surface area (TPSA) is 41.1 Å². The van der Waals surface area contributed by atoms with Crippen LogP contribution in [0.4, 0.5) is 0 Å². The van der Waals surface area contributed by atoms with Crippen LogP contribution >= 0.6 is 24.0 Å². The Kier molecular flexibility index (Phi) is 6.05. The lowest BCUT2D eigenvalue weighted by Crippen LogP contribution is -2.38. The van der Waals surface area contributed by atoms with E-state index in [1.165, 1.54) is 11.1 Å². The monoisotopic (exact) mass is 350 g/mol. The molecule has 5 heteroatoms. The number of fused-ring (bicyclic) bond motifs is 1. The summed E-state index contributed by atoms with van der Waals surface area (Å²) >= 11 is 6.15. The Hall–Kier alpha value is -1.55. The van der Waals surface area contributed by atoms with E-state index in [-0.39, 0.29) is 24.4 Å². The van der Waals surface area contributed by atoms with E-state index in [4.69, 9.17) is 11.6 Å². The number of aryl methyl sites for hydroxylation is 1. The normalized spacial score (nSPS) is 16.2. The Bertz CT molecular complexity index is 703. The Balaban J connectivity index is 0.00000192. The number of rotatable bonds is 3. The number of carbonyl (C=O) groups excluding carboxylic acids is 1. The molecule has 0 aromatic heterocycles. The molecule has 3 rings (SSSR count). The summed E-state index contributed by atoms with van der Waals surface area (Å²) in [7, 11) is 0. The van der Waals surface area contributed by atoms with Gasteiger partial charge in [-0.3, -0.25) is 4.79 Å². The van der Waals surface area contributed by atoms with Crippen LogP contribution in [0.2, 0.25) is 5.02 Å². The van der Waals surface area contributed by atoms with Gasteiger partial charge in [0.15, 0.2) is 0 Å². The fourth-order valence-corrected chi connectivity index (χ4v) is 3.19. The predicted octanol–water partition coefficient (Wildman–Crippen LogP) is 3.69. The molecule has 2 N–H and O–H groups in total. The van der Waals surface area contributed by atoms with Crippen LogP contribution in [0.15, 0.2) is 42.5 Å². The van der Waals surface area contributed by atoms with Crippen molar-refractivity contribution in [2.45, 2.75) is 19.4 Å². The number of halogens is 2. The quantitative estimate of drug-likeness (QED) is 0.886. The summed E-state index contributed by atoms with van der Waals surface area (Å²) in [6, 6.07) is 14.0. The first-order valence-corrected chi connectivity index (χ1v) is 7.88. The molecule has 2 aromatic rings. The molecule has 0 bridgehead atoms. The number of hydrogen-bond donors (Lipinski definition) is 2. The highest BCUT2D eigenvalue weighted by molar-refractivity contribution is 6.33. The first kappa shape index (κ1) is 17.8. The van der Waals surface area contributed by atoms with E-state index in [1.807, 2.05) is 25.1 Å². The third kappa shape index (κ3) is 4.05. The van der Waals surface area contributed by atoms with Gasteiger partial charge in [0, 0.05) is 12.6 Å². The van der Waals surface area contributed by atoms with Crippen molar-refractivity contribution in [3.63, 3.8) is 0 Å². The molecule has 3 nitrogen and oxygen atoms in total. The Morgan fingerprint density at radius 1 is 1.30 bits per heavy atom. The third-order valence-corrected chi connectivity index (χ3v) is 4.36. The van der Waals surface area contributed by atoms with E-state index in [0.717, 1.165) is 18.5 Å². The van der Waals surface area contributed by atoms with Gasteiger partial charge in [0.2, 0.25) is 0 Å². The summed E-state index contributed by atoms with van der Waals surface area (Å²) in [5, 5.41) is 6.94. The molecule has 1 amide bonds. The average molecular weight is 351 g/mol. The maximum Gasteiger partial charge on any atom is 0.252 e. The van der Waals surface area contributed by atoms with Crippen LogP contribution < -0.4 is 10.6 Å². The van der Waals surface area contributed by atoms with Crippen molar-refractivity contribution in [2.24, 2.45) is 0 Å². The average Bonchev–Trinajstić information content (AvgIpc) is 2.52. The zero-order valence-electron chi connectivity index (χ0n) is 12.9. The van der Waals surface area contributed by atoms with Crippen LogP contribution in [-0.4, -0.2) is 19.0 Å². The maximum absolute atomic E-state index is 12.3. The van der Waals surface area contributed by atoms with Crippen molar-refractivity contribution in [3.05, 3.63) is 69.7 Å².